The summed E-state index contributed by atoms with van der Waals surface area (Å²) >= 11 is 0. The number of carbonyl (C=O) groups is 1. The summed E-state index contributed by atoms with van der Waals surface area (Å²) < 4.78 is 0.248. The molecule has 0 aliphatic rings. The highest BCUT2D eigenvalue weighted by atomic mass is 35.5. The molecule has 0 spiro atoms. The van der Waals surface area contributed by atoms with Gasteiger partial charge in [0.15, 0.2) is 0 Å². The average molecular weight is 182 g/mol. The van der Waals surface area contributed by atoms with E-state index in [1.54, 1.807) is 21.0 Å². The number of quaternary nitrogens is 1. The molecule has 0 bridgehead atoms. The summed E-state index contributed by atoms with van der Waals surface area (Å²) in [6.45, 7) is 3.70. The minimum atomic E-state index is -0.418. The van der Waals surface area contributed by atoms with Crippen LogP contribution in [-0.4, -0.2) is 42.2 Å². The maximum atomic E-state index is 10.9. The standard InChI is InChI=1S/C7H16NO2.ClH/c1-6(9)5-8(3,4)7(2)10;/h6,9H,5H2,1-4H3;1H/q+1;/p-1. The van der Waals surface area contributed by atoms with E-state index >= 15 is 0 Å². The van der Waals surface area contributed by atoms with Crippen molar-refractivity contribution in [1.29, 1.82) is 0 Å². The zero-order chi connectivity index (χ0) is 8.36. The smallest absolute Gasteiger partial charge is 0.310 e. The van der Waals surface area contributed by atoms with Crippen molar-refractivity contribution in [3.8, 4) is 0 Å². The summed E-state index contributed by atoms with van der Waals surface area (Å²) in [5.41, 5.74) is 0. The van der Waals surface area contributed by atoms with Crippen LogP contribution < -0.4 is 12.4 Å². The van der Waals surface area contributed by atoms with E-state index in [-0.39, 0.29) is 22.8 Å². The monoisotopic (exact) mass is 181 g/mol. The number of carbonyl (C=O) groups excluding carboxylic acids is 1. The first-order chi connectivity index (χ1) is 4.36. The largest absolute Gasteiger partial charge is 1.00 e. The zero-order valence-electron chi connectivity index (χ0n) is 7.47. The third-order valence-electron chi connectivity index (χ3n) is 1.57. The molecule has 0 aliphatic heterocycles. The van der Waals surface area contributed by atoms with E-state index in [2.05, 4.69) is 0 Å². The first-order valence-electron chi connectivity index (χ1n) is 3.38. The van der Waals surface area contributed by atoms with Crippen LogP contribution in [0.15, 0.2) is 0 Å². The first kappa shape index (κ1) is 13.5. The zero-order valence-corrected chi connectivity index (χ0v) is 8.22. The quantitative estimate of drug-likeness (QED) is 0.461. The van der Waals surface area contributed by atoms with E-state index in [0.29, 0.717) is 6.54 Å². The van der Waals surface area contributed by atoms with E-state index in [1.807, 2.05) is 0 Å². The Morgan fingerprint density at radius 3 is 2.00 bits per heavy atom. The van der Waals surface area contributed by atoms with Gasteiger partial charge in [-0.25, -0.2) is 4.79 Å². The van der Waals surface area contributed by atoms with Crippen LogP contribution in [0.25, 0.3) is 0 Å². The molecule has 68 valence electrons. The lowest BCUT2D eigenvalue weighted by atomic mass is 10.3. The van der Waals surface area contributed by atoms with Crippen LogP contribution in [0, 0.1) is 0 Å². The number of likely N-dealkylation sites (N-methyl/N-ethyl adjacent to an activating group) is 1. The van der Waals surface area contributed by atoms with Gasteiger partial charge in [0.25, 0.3) is 0 Å². The summed E-state index contributed by atoms with van der Waals surface area (Å²) in [5.74, 6) is 0.0703. The normalized spacial score (nSPS) is 13.5. The molecule has 1 amide bonds. The van der Waals surface area contributed by atoms with Crippen LogP contribution in [0.4, 0.5) is 0 Å². The number of aliphatic hydroxyl groups excluding tert-OH is 1. The molecule has 0 fully saturated rings. The number of rotatable bonds is 2. The second-order valence-corrected chi connectivity index (χ2v) is 3.24. The molecule has 11 heavy (non-hydrogen) atoms. The van der Waals surface area contributed by atoms with Crippen LogP contribution in [0.2, 0.25) is 0 Å². The molecule has 0 aromatic carbocycles. The molecule has 0 aromatic heterocycles. The molecule has 3 nitrogen and oxygen atoms in total. The van der Waals surface area contributed by atoms with Gasteiger partial charge in [-0.15, -0.1) is 0 Å². The molecule has 4 heteroatoms. The Labute approximate surface area is 74.0 Å². The predicted octanol–water partition coefficient (Wildman–Crippen LogP) is -3.01. The third-order valence-corrected chi connectivity index (χ3v) is 1.57. The van der Waals surface area contributed by atoms with Gasteiger partial charge in [-0.05, 0) is 6.92 Å². The molecular formula is C7H16ClNO2. The van der Waals surface area contributed by atoms with Crippen LogP contribution >= 0.6 is 0 Å². The number of nitrogens with zero attached hydrogens (tertiary/aromatic N) is 1. The Morgan fingerprint density at radius 2 is 1.91 bits per heavy atom. The van der Waals surface area contributed by atoms with Crippen LogP contribution in [0.5, 0.6) is 0 Å². The summed E-state index contributed by atoms with van der Waals surface area (Å²) in [6.07, 6.45) is -0.418. The maximum Gasteiger partial charge on any atom is 0.310 e. The fourth-order valence-electron chi connectivity index (χ4n) is 0.789. The highest BCUT2D eigenvalue weighted by Crippen LogP contribution is 1.99. The van der Waals surface area contributed by atoms with Gasteiger partial charge in [-0.1, -0.05) is 0 Å². The fraction of sp³-hybridized carbons (Fsp3) is 0.857. The Balaban J connectivity index is 0. The van der Waals surface area contributed by atoms with Crippen molar-refractivity contribution >= 4 is 5.91 Å². The van der Waals surface area contributed by atoms with Gasteiger partial charge in [-0.3, -0.25) is 4.48 Å². The van der Waals surface area contributed by atoms with Crippen LogP contribution in [0.1, 0.15) is 13.8 Å². The molecule has 0 aliphatic carbocycles. The van der Waals surface area contributed by atoms with Gasteiger partial charge in [0.05, 0.1) is 21.0 Å². The number of halogens is 1. The second-order valence-electron chi connectivity index (χ2n) is 3.24. The summed E-state index contributed by atoms with van der Waals surface area (Å²) in [5, 5.41) is 8.97. The molecule has 0 aromatic rings. The number of hydrogen-bond donors (Lipinski definition) is 1. The Morgan fingerprint density at radius 1 is 1.55 bits per heavy atom. The SMILES string of the molecule is CC(=O)[N+](C)(C)CC(C)O.[Cl-]. The van der Waals surface area contributed by atoms with Crippen molar-refractivity contribution in [2.24, 2.45) is 0 Å². The van der Waals surface area contributed by atoms with Gasteiger partial charge >= 0.3 is 5.91 Å². The molecule has 0 heterocycles. The van der Waals surface area contributed by atoms with Crippen molar-refractivity contribution in [2.75, 3.05) is 20.6 Å². The number of amides is 1. The predicted molar refractivity (Wildman–Crippen MR) is 39.3 cm³/mol. The Bertz CT molecular complexity index is 134. The van der Waals surface area contributed by atoms with Gasteiger partial charge in [0, 0.05) is 0 Å². The third kappa shape index (κ3) is 5.18. The molecule has 0 saturated carbocycles. The van der Waals surface area contributed by atoms with Gasteiger partial charge in [-0.2, -0.15) is 0 Å². The number of hydrogen-bond acceptors (Lipinski definition) is 2. The number of aliphatic hydroxyl groups is 1. The minimum Gasteiger partial charge on any atom is -1.00 e. The summed E-state index contributed by atoms with van der Waals surface area (Å²) in [6, 6.07) is 0. The first-order valence-corrected chi connectivity index (χ1v) is 3.38. The van der Waals surface area contributed by atoms with Gasteiger partial charge in [0.2, 0.25) is 0 Å². The van der Waals surface area contributed by atoms with Gasteiger partial charge in [0.1, 0.15) is 12.6 Å². The summed E-state index contributed by atoms with van der Waals surface area (Å²) in [4.78, 5) is 10.9. The van der Waals surface area contributed by atoms with Crippen LogP contribution in [0.3, 0.4) is 0 Å². The average Bonchev–Trinajstić information content (AvgIpc) is 1.60. The highest BCUT2D eigenvalue weighted by Gasteiger charge is 2.23. The summed E-state index contributed by atoms with van der Waals surface area (Å²) in [7, 11) is 3.57. The molecule has 0 radical (unpaired) electrons. The van der Waals surface area contributed by atoms with E-state index in [4.69, 9.17) is 5.11 Å². The van der Waals surface area contributed by atoms with Gasteiger partial charge < -0.3 is 17.5 Å². The van der Waals surface area contributed by atoms with Crippen molar-refractivity contribution in [2.45, 2.75) is 20.0 Å². The van der Waals surface area contributed by atoms with E-state index in [0.717, 1.165) is 0 Å². The minimum absolute atomic E-state index is 0. The lowest BCUT2D eigenvalue weighted by molar-refractivity contribution is -0.816. The Kier molecular flexibility index (Phi) is 5.75. The van der Waals surface area contributed by atoms with Crippen molar-refractivity contribution in [3.63, 3.8) is 0 Å². The maximum absolute atomic E-state index is 10.9. The molecule has 0 saturated heterocycles. The van der Waals surface area contributed by atoms with Crippen molar-refractivity contribution in [1.82, 2.24) is 0 Å². The van der Waals surface area contributed by atoms with E-state index in [9.17, 15) is 4.79 Å². The lowest BCUT2D eigenvalue weighted by Gasteiger charge is -2.26. The second kappa shape index (κ2) is 4.70. The van der Waals surface area contributed by atoms with Crippen molar-refractivity contribution < 1.29 is 26.8 Å². The lowest BCUT2D eigenvalue weighted by Crippen LogP contribution is -3.00. The Hall–Kier alpha value is -0.120. The van der Waals surface area contributed by atoms with Crippen molar-refractivity contribution in [3.05, 3.63) is 0 Å². The topological polar surface area (TPSA) is 37.3 Å². The molecule has 1 N–H and O–H groups in total. The molecular weight excluding hydrogens is 166 g/mol. The molecule has 0 rings (SSSR count). The van der Waals surface area contributed by atoms with Crippen LogP contribution in [-0.2, 0) is 4.79 Å². The van der Waals surface area contributed by atoms with E-state index in [1.165, 1.54) is 6.92 Å². The highest BCUT2D eigenvalue weighted by molar-refractivity contribution is 5.65. The fourth-order valence-corrected chi connectivity index (χ4v) is 0.789. The molecule has 1 unspecified atom stereocenters. The molecule has 1 atom stereocenters. The van der Waals surface area contributed by atoms with E-state index < -0.39 is 6.10 Å².